The maximum atomic E-state index is 14.9. The standard InChI is InChI=1S/C20H24F2N2O/c1-16-7-8-18(25-16)13-23-11-10-20(21,22)19(14-23)9-12-24(15-19)17-5-3-2-4-6-17/h2-8H,9-15H2,1H3/t19-/m0/s1. The molecule has 5 heteroatoms. The highest BCUT2D eigenvalue weighted by atomic mass is 19.3. The van der Waals surface area contributed by atoms with Crippen molar-refractivity contribution in [1.29, 1.82) is 0 Å². The van der Waals surface area contributed by atoms with Crippen molar-refractivity contribution in [3.63, 3.8) is 0 Å². The summed E-state index contributed by atoms with van der Waals surface area (Å²) < 4.78 is 35.4. The lowest BCUT2D eigenvalue weighted by molar-refractivity contribution is -0.159. The van der Waals surface area contributed by atoms with Crippen LogP contribution in [-0.2, 0) is 6.54 Å². The normalized spacial score (nSPS) is 26.4. The van der Waals surface area contributed by atoms with Gasteiger partial charge in [0.1, 0.15) is 11.5 Å². The van der Waals surface area contributed by atoms with Gasteiger partial charge >= 0.3 is 0 Å². The number of rotatable bonds is 3. The maximum Gasteiger partial charge on any atom is 0.257 e. The van der Waals surface area contributed by atoms with Crippen LogP contribution >= 0.6 is 0 Å². The van der Waals surface area contributed by atoms with Crippen LogP contribution in [0.15, 0.2) is 46.9 Å². The number of benzene rings is 1. The molecule has 0 unspecified atom stereocenters. The van der Waals surface area contributed by atoms with Gasteiger partial charge in [-0.05, 0) is 37.6 Å². The average Bonchev–Trinajstić information content (AvgIpc) is 3.20. The molecular formula is C20H24F2N2O. The van der Waals surface area contributed by atoms with Crippen molar-refractivity contribution in [3.8, 4) is 0 Å². The van der Waals surface area contributed by atoms with E-state index < -0.39 is 11.3 Å². The molecule has 3 heterocycles. The highest BCUT2D eigenvalue weighted by Gasteiger charge is 2.59. The van der Waals surface area contributed by atoms with Crippen LogP contribution in [0.5, 0.6) is 0 Å². The second-order valence-corrected chi connectivity index (χ2v) is 7.46. The molecule has 134 valence electrons. The molecule has 1 aromatic heterocycles. The van der Waals surface area contributed by atoms with E-state index in [2.05, 4.69) is 9.80 Å². The Morgan fingerprint density at radius 1 is 1.00 bits per heavy atom. The second-order valence-electron chi connectivity index (χ2n) is 7.46. The highest BCUT2D eigenvalue weighted by Crippen LogP contribution is 2.50. The fourth-order valence-corrected chi connectivity index (χ4v) is 4.27. The molecule has 25 heavy (non-hydrogen) atoms. The second kappa shape index (κ2) is 6.13. The number of halogens is 2. The van der Waals surface area contributed by atoms with Gasteiger partial charge < -0.3 is 9.32 Å². The molecular weight excluding hydrogens is 322 g/mol. The molecule has 1 aromatic carbocycles. The van der Waals surface area contributed by atoms with Crippen LogP contribution in [-0.4, -0.2) is 37.0 Å². The summed E-state index contributed by atoms with van der Waals surface area (Å²) in [4.78, 5) is 4.23. The average molecular weight is 346 g/mol. The van der Waals surface area contributed by atoms with Gasteiger partial charge in [-0.15, -0.1) is 0 Å². The third-order valence-electron chi connectivity index (χ3n) is 5.69. The number of aryl methyl sites for hydroxylation is 1. The maximum absolute atomic E-state index is 14.9. The number of piperidine rings is 1. The van der Waals surface area contributed by atoms with Crippen LogP contribution in [0.3, 0.4) is 0 Å². The molecule has 0 aliphatic carbocycles. The summed E-state index contributed by atoms with van der Waals surface area (Å²) in [5, 5.41) is 0. The molecule has 0 bridgehead atoms. The lowest BCUT2D eigenvalue weighted by Gasteiger charge is -2.45. The first kappa shape index (κ1) is 16.6. The van der Waals surface area contributed by atoms with Crippen molar-refractivity contribution < 1.29 is 13.2 Å². The summed E-state index contributed by atoms with van der Waals surface area (Å²) in [6.45, 7) is 4.45. The fourth-order valence-electron chi connectivity index (χ4n) is 4.27. The number of furan rings is 1. The van der Waals surface area contributed by atoms with Crippen molar-refractivity contribution >= 4 is 5.69 Å². The molecule has 2 saturated heterocycles. The summed E-state index contributed by atoms with van der Waals surface area (Å²) in [6, 6.07) is 13.8. The Balaban J connectivity index is 1.52. The molecule has 2 aliphatic heterocycles. The lowest BCUT2D eigenvalue weighted by Crippen LogP contribution is -2.56. The Labute approximate surface area is 147 Å². The molecule has 0 amide bonds. The number of alkyl halides is 2. The molecule has 0 radical (unpaired) electrons. The summed E-state index contributed by atoms with van der Waals surface area (Å²) in [5.74, 6) is -0.898. The molecule has 2 fully saturated rings. The minimum atomic E-state index is -2.62. The van der Waals surface area contributed by atoms with Gasteiger partial charge in [0.15, 0.2) is 0 Å². The van der Waals surface area contributed by atoms with Gasteiger partial charge in [0.25, 0.3) is 5.92 Å². The topological polar surface area (TPSA) is 19.6 Å². The van der Waals surface area contributed by atoms with Crippen molar-refractivity contribution in [3.05, 3.63) is 54.0 Å². The lowest BCUT2D eigenvalue weighted by atomic mass is 9.75. The molecule has 3 nitrogen and oxygen atoms in total. The van der Waals surface area contributed by atoms with E-state index in [-0.39, 0.29) is 6.42 Å². The quantitative estimate of drug-likeness (QED) is 0.825. The summed E-state index contributed by atoms with van der Waals surface area (Å²) in [5.41, 5.74) is 0.0666. The Kier molecular flexibility index (Phi) is 4.07. The predicted octanol–water partition coefficient (Wildman–Crippen LogP) is 4.33. The van der Waals surface area contributed by atoms with Crippen molar-refractivity contribution in [1.82, 2.24) is 4.90 Å². The van der Waals surface area contributed by atoms with E-state index >= 15 is 0 Å². The zero-order valence-corrected chi connectivity index (χ0v) is 14.5. The van der Waals surface area contributed by atoms with E-state index in [4.69, 9.17) is 4.42 Å². The van der Waals surface area contributed by atoms with E-state index in [9.17, 15) is 8.78 Å². The molecule has 4 rings (SSSR count). The molecule has 0 saturated carbocycles. The Hall–Kier alpha value is -1.88. The zero-order chi connectivity index (χ0) is 17.5. The number of hydrogen-bond acceptors (Lipinski definition) is 3. The van der Waals surface area contributed by atoms with E-state index in [1.807, 2.05) is 49.4 Å². The largest absolute Gasteiger partial charge is 0.465 e. The van der Waals surface area contributed by atoms with Gasteiger partial charge in [-0.25, -0.2) is 8.78 Å². The Morgan fingerprint density at radius 2 is 1.80 bits per heavy atom. The first-order valence-electron chi connectivity index (χ1n) is 8.93. The van der Waals surface area contributed by atoms with E-state index in [1.165, 1.54) is 0 Å². The van der Waals surface area contributed by atoms with E-state index in [0.29, 0.717) is 39.1 Å². The molecule has 1 atom stereocenters. The van der Waals surface area contributed by atoms with Gasteiger partial charge in [-0.2, -0.15) is 0 Å². The van der Waals surface area contributed by atoms with Crippen LogP contribution in [0.4, 0.5) is 14.5 Å². The van der Waals surface area contributed by atoms with Crippen molar-refractivity contribution in [2.45, 2.75) is 32.2 Å². The third-order valence-corrected chi connectivity index (χ3v) is 5.69. The van der Waals surface area contributed by atoms with Crippen molar-refractivity contribution in [2.24, 2.45) is 5.41 Å². The first-order valence-corrected chi connectivity index (χ1v) is 8.93. The SMILES string of the molecule is Cc1ccc(CN2CCC(F)(F)[C@@]3(CCN(c4ccccc4)C3)C2)o1. The predicted molar refractivity (Wildman–Crippen MR) is 94.0 cm³/mol. The molecule has 2 aliphatic rings. The number of para-hydroxylation sites is 1. The minimum Gasteiger partial charge on any atom is -0.465 e. The van der Waals surface area contributed by atoms with E-state index in [0.717, 1.165) is 17.2 Å². The number of anilines is 1. The smallest absolute Gasteiger partial charge is 0.257 e. The zero-order valence-electron chi connectivity index (χ0n) is 14.5. The van der Waals surface area contributed by atoms with Crippen LogP contribution in [0, 0.1) is 12.3 Å². The van der Waals surface area contributed by atoms with Gasteiger partial charge in [0, 0.05) is 38.3 Å². The first-order chi connectivity index (χ1) is 12.0. The Morgan fingerprint density at radius 3 is 2.52 bits per heavy atom. The van der Waals surface area contributed by atoms with Crippen LogP contribution in [0.25, 0.3) is 0 Å². The van der Waals surface area contributed by atoms with Gasteiger partial charge in [0.2, 0.25) is 0 Å². The number of likely N-dealkylation sites (tertiary alicyclic amines) is 1. The van der Waals surface area contributed by atoms with Gasteiger partial charge in [-0.3, -0.25) is 4.90 Å². The van der Waals surface area contributed by atoms with Crippen molar-refractivity contribution in [2.75, 3.05) is 31.1 Å². The van der Waals surface area contributed by atoms with Crippen LogP contribution in [0.2, 0.25) is 0 Å². The highest BCUT2D eigenvalue weighted by molar-refractivity contribution is 5.47. The third kappa shape index (κ3) is 3.06. The Bertz CT molecular complexity index is 730. The summed E-state index contributed by atoms with van der Waals surface area (Å²) in [7, 11) is 0. The molecule has 2 aromatic rings. The fraction of sp³-hybridized carbons (Fsp3) is 0.500. The van der Waals surface area contributed by atoms with E-state index in [1.54, 1.807) is 0 Å². The van der Waals surface area contributed by atoms with Crippen LogP contribution < -0.4 is 4.90 Å². The molecule has 1 spiro atoms. The minimum absolute atomic E-state index is 0.0741. The monoisotopic (exact) mass is 346 g/mol. The summed E-state index contributed by atoms with van der Waals surface area (Å²) in [6.07, 6.45) is 0.456. The molecule has 0 N–H and O–H groups in total. The number of hydrogen-bond donors (Lipinski definition) is 0. The summed E-state index contributed by atoms with van der Waals surface area (Å²) >= 11 is 0. The van der Waals surface area contributed by atoms with Gasteiger partial charge in [0.05, 0.1) is 12.0 Å². The van der Waals surface area contributed by atoms with Gasteiger partial charge in [-0.1, -0.05) is 18.2 Å². The number of nitrogens with zero attached hydrogens (tertiary/aromatic N) is 2. The van der Waals surface area contributed by atoms with Crippen LogP contribution in [0.1, 0.15) is 24.4 Å².